The molecule has 0 bridgehead atoms. The van der Waals surface area contributed by atoms with Crippen LogP contribution in [-0.2, 0) is 13.1 Å². The number of halogens is 2. The van der Waals surface area contributed by atoms with Crippen molar-refractivity contribution in [3.63, 3.8) is 0 Å². The maximum Gasteiger partial charge on any atom is 0.126 e. The van der Waals surface area contributed by atoms with E-state index in [1.807, 2.05) is 13.0 Å². The second-order valence-corrected chi connectivity index (χ2v) is 7.45. The van der Waals surface area contributed by atoms with Crippen molar-refractivity contribution >= 4 is 0 Å². The van der Waals surface area contributed by atoms with Crippen LogP contribution in [0.3, 0.4) is 0 Å². The number of rotatable bonds is 7. The molecule has 0 spiro atoms. The van der Waals surface area contributed by atoms with Gasteiger partial charge in [0.05, 0.1) is 7.11 Å². The van der Waals surface area contributed by atoms with Gasteiger partial charge >= 0.3 is 0 Å². The van der Waals surface area contributed by atoms with E-state index in [4.69, 9.17) is 4.74 Å². The summed E-state index contributed by atoms with van der Waals surface area (Å²) in [5.41, 5.74) is 2.95. The van der Waals surface area contributed by atoms with Gasteiger partial charge in [0, 0.05) is 51.4 Å². The van der Waals surface area contributed by atoms with Gasteiger partial charge in [-0.15, -0.1) is 0 Å². The van der Waals surface area contributed by atoms with Gasteiger partial charge in [0.2, 0.25) is 0 Å². The number of piperazine rings is 1. The minimum absolute atomic E-state index is 0.116. The van der Waals surface area contributed by atoms with Crippen molar-refractivity contribution in [1.29, 1.82) is 0 Å². The Morgan fingerprint density at radius 2 is 1.79 bits per heavy atom. The number of methoxy groups -OCH3 is 1. The Balaban J connectivity index is 1.66. The minimum atomic E-state index is -0.546. The summed E-state index contributed by atoms with van der Waals surface area (Å²) in [4.78, 5) is 4.57. The number of nitrogens with zero attached hydrogens (tertiary/aromatic N) is 2. The molecule has 28 heavy (non-hydrogen) atoms. The molecule has 0 radical (unpaired) electrons. The van der Waals surface area contributed by atoms with E-state index in [1.165, 1.54) is 17.7 Å². The molecular formula is C22H28F2N2O2. The highest BCUT2D eigenvalue weighted by Gasteiger charge is 2.27. The van der Waals surface area contributed by atoms with Crippen molar-refractivity contribution in [3.05, 3.63) is 64.7 Å². The van der Waals surface area contributed by atoms with Gasteiger partial charge in [-0.05, 0) is 48.2 Å². The maximum atomic E-state index is 13.5. The lowest BCUT2D eigenvalue weighted by molar-refractivity contribution is 0.0499. The second-order valence-electron chi connectivity index (χ2n) is 7.45. The molecule has 0 aliphatic carbocycles. The highest BCUT2D eigenvalue weighted by molar-refractivity contribution is 5.36. The fourth-order valence-electron chi connectivity index (χ4n) is 3.97. The van der Waals surface area contributed by atoms with E-state index < -0.39 is 11.6 Å². The SMILES string of the molecule is COc1ccc(CN2CCN(Cc3cc(F)cc(F)c3)C[C@@H]2CCO)cc1C. The number of aryl methyl sites for hydroxylation is 1. The summed E-state index contributed by atoms with van der Waals surface area (Å²) in [6, 6.07) is 10.1. The monoisotopic (exact) mass is 390 g/mol. The maximum absolute atomic E-state index is 13.5. The normalized spacial score (nSPS) is 18.4. The van der Waals surface area contributed by atoms with Crippen molar-refractivity contribution in [2.24, 2.45) is 0 Å². The lowest BCUT2D eigenvalue weighted by Gasteiger charge is -2.41. The lowest BCUT2D eigenvalue weighted by atomic mass is 10.0. The van der Waals surface area contributed by atoms with Crippen molar-refractivity contribution in [3.8, 4) is 5.75 Å². The molecule has 1 aliphatic rings. The van der Waals surface area contributed by atoms with Crippen LogP contribution in [-0.4, -0.2) is 54.3 Å². The molecule has 2 aromatic rings. The third-order valence-corrected chi connectivity index (χ3v) is 5.32. The van der Waals surface area contributed by atoms with E-state index in [0.29, 0.717) is 18.5 Å². The molecule has 152 valence electrons. The second kappa shape index (κ2) is 9.45. The zero-order valence-corrected chi connectivity index (χ0v) is 16.5. The molecule has 1 saturated heterocycles. The minimum Gasteiger partial charge on any atom is -0.496 e. The third kappa shape index (κ3) is 5.28. The van der Waals surface area contributed by atoms with E-state index in [0.717, 1.165) is 43.6 Å². The van der Waals surface area contributed by atoms with E-state index in [1.54, 1.807) is 7.11 Å². The number of aliphatic hydroxyl groups excluding tert-OH is 1. The van der Waals surface area contributed by atoms with Crippen molar-refractivity contribution in [2.75, 3.05) is 33.4 Å². The van der Waals surface area contributed by atoms with Crippen molar-refractivity contribution in [2.45, 2.75) is 32.5 Å². The summed E-state index contributed by atoms with van der Waals surface area (Å²) >= 11 is 0. The van der Waals surface area contributed by atoms with Gasteiger partial charge in [0.25, 0.3) is 0 Å². The van der Waals surface area contributed by atoms with Crippen LogP contribution in [0.15, 0.2) is 36.4 Å². The fraction of sp³-hybridized carbons (Fsp3) is 0.455. The average molecular weight is 390 g/mol. The number of hydrogen-bond acceptors (Lipinski definition) is 4. The first-order valence-corrected chi connectivity index (χ1v) is 9.64. The first-order chi connectivity index (χ1) is 13.5. The first kappa shape index (κ1) is 20.7. The predicted molar refractivity (Wildman–Crippen MR) is 105 cm³/mol. The van der Waals surface area contributed by atoms with Crippen LogP contribution in [0.1, 0.15) is 23.1 Å². The van der Waals surface area contributed by atoms with Crippen molar-refractivity contribution < 1.29 is 18.6 Å². The van der Waals surface area contributed by atoms with Gasteiger partial charge in [-0.3, -0.25) is 9.80 Å². The quantitative estimate of drug-likeness (QED) is 0.787. The van der Waals surface area contributed by atoms with Crippen LogP contribution < -0.4 is 4.74 Å². The van der Waals surface area contributed by atoms with Gasteiger partial charge in [0.15, 0.2) is 0 Å². The molecule has 1 heterocycles. The number of aliphatic hydroxyl groups is 1. The smallest absolute Gasteiger partial charge is 0.126 e. The van der Waals surface area contributed by atoms with Gasteiger partial charge in [-0.1, -0.05) is 12.1 Å². The molecule has 1 aliphatic heterocycles. The molecule has 1 N–H and O–H groups in total. The standard InChI is InChI=1S/C22H28F2N2O2/c1-16-9-17(3-4-22(16)28-2)14-26-7-6-25(15-21(26)5-8-27)13-18-10-19(23)12-20(24)11-18/h3-4,9-12,21,27H,5-8,13-15H2,1-2H3/t21-/m0/s1. The molecular weight excluding hydrogens is 362 g/mol. The molecule has 1 fully saturated rings. The predicted octanol–water partition coefficient (Wildman–Crippen LogP) is 3.35. The first-order valence-electron chi connectivity index (χ1n) is 9.64. The topological polar surface area (TPSA) is 35.9 Å². The average Bonchev–Trinajstić information content (AvgIpc) is 2.63. The summed E-state index contributed by atoms with van der Waals surface area (Å²) in [7, 11) is 1.67. The molecule has 0 aromatic heterocycles. The Bertz CT molecular complexity index is 780. The van der Waals surface area contributed by atoms with Gasteiger partial charge in [0.1, 0.15) is 17.4 Å². The van der Waals surface area contributed by atoms with Gasteiger partial charge in [-0.2, -0.15) is 0 Å². The molecule has 6 heteroatoms. The molecule has 0 amide bonds. The van der Waals surface area contributed by atoms with Crippen LogP contribution in [0.5, 0.6) is 5.75 Å². The van der Waals surface area contributed by atoms with Crippen LogP contribution >= 0.6 is 0 Å². The zero-order chi connectivity index (χ0) is 20.1. The highest BCUT2D eigenvalue weighted by Crippen LogP contribution is 2.23. The molecule has 2 aromatic carbocycles. The van der Waals surface area contributed by atoms with E-state index in [2.05, 4.69) is 21.9 Å². The van der Waals surface area contributed by atoms with E-state index in [9.17, 15) is 13.9 Å². The van der Waals surface area contributed by atoms with Crippen LogP contribution in [0, 0.1) is 18.6 Å². The molecule has 0 saturated carbocycles. The summed E-state index contributed by atoms with van der Waals surface area (Å²) in [6.45, 7) is 5.87. The lowest BCUT2D eigenvalue weighted by Crippen LogP contribution is -2.52. The fourth-order valence-corrected chi connectivity index (χ4v) is 3.97. The Morgan fingerprint density at radius 1 is 1.04 bits per heavy atom. The van der Waals surface area contributed by atoms with Gasteiger partial charge < -0.3 is 9.84 Å². The summed E-state index contributed by atoms with van der Waals surface area (Å²) in [5.74, 6) is -0.214. The number of ether oxygens (including phenoxy) is 1. The largest absolute Gasteiger partial charge is 0.496 e. The van der Waals surface area contributed by atoms with Crippen LogP contribution in [0.4, 0.5) is 8.78 Å². The third-order valence-electron chi connectivity index (χ3n) is 5.32. The van der Waals surface area contributed by atoms with Crippen LogP contribution in [0.2, 0.25) is 0 Å². The van der Waals surface area contributed by atoms with Crippen molar-refractivity contribution in [1.82, 2.24) is 9.80 Å². The Hall–Kier alpha value is -2.02. The summed E-state index contributed by atoms with van der Waals surface area (Å²) in [5, 5.41) is 9.50. The number of hydrogen-bond donors (Lipinski definition) is 1. The van der Waals surface area contributed by atoms with E-state index >= 15 is 0 Å². The zero-order valence-electron chi connectivity index (χ0n) is 16.5. The Morgan fingerprint density at radius 3 is 2.43 bits per heavy atom. The molecule has 4 nitrogen and oxygen atoms in total. The van der Waals surface area contributed by atoms with Crippen LogP contribution in [0.25, 0.3) is 0 Å². The molecule has 3 rings (SSSR count). The van der Waals surface area contributed by atoms with E-state index in [-0.39, 0.29) is 12.6 Å². The summed E-state index contributed by atoms with van der Waals surface area (Å²) < 4.78 is 32.3. The highest BCUT2D eigenvalue weighted by atomic mass is 19.1. The molecule has 1 atom stereocenters. The Labute approximate surface area is 165 Å². The number of benzene rings is 2. The van der Waals surface area contributed by atoms with Gasteiger partial charge in [-0.25, -0.2) is 8.78 Å². The Kier molecular flexibility index (Phi) is 6.99. The summed E-state index contributed by atoms with van der Waals surface area (Å²) in [6.07, 6.45) is 0.670. The molecule has 0 unspecified atom stereocenters.